The molecule has 0 radical (unpaired) electrons. The van der Waals surface area contributed by atoms with Crippen molar-refractivity contribution >= 4 is 33.6 Å². The molecule has 1 aromatic heterocycles. The maximum Gasteiger partial charge on any atom is 0.307 e. The smallest absolute Gasteiger partial charge is 0.307 e. The van der Waals surface area contributed by atoms with Crippen LogP contribution in [-0.4, -0.2) is 16.1 Å². The van der Waals surface area contributed by atoms with E-state index in [4.69, 9.17) is 5.11 Å². The standard InChI is InChI=1S/C11H9NO2S/c13-11(14)3-1-2-8-4-5-10-9(6-8)12-7-15-10/h1-2,4-7H,3H2,(H,13,14). The Morgan fingerprint density at radius 2 is 2.40 bits per heavy atom. The summed E-state index contributed by atoms with van der Waals surface area (Å²) in [6, 6.07) is 5.90. The Morgan fingerprint density at radius 1 is 1.53 bits per heavy atom. The van der Waals surface area contributed by atoms with Gasteiger partial charge in [0.2, 0.25) is 0 Å². The van der Waals surface area contributed by atoms with E-state index in [1.807, 2.05) is 18.2 Å². The average molecular weight is 219 g/mol. The van der Waals surface area contributed by atoms with Crippen molar-refractivity contribution in [2.75, 3.05) is 0 Å². The van der Waals surface area contributed by atoms with Crippen LogP contribution in [0.1, 0.15) is 12.0 Å². The van der Waals surface area contributed by atoms with E-state index in [1.165, 1.54) is 0 Å². The van der Waals surface area contributed by atoms with Gasteiger partial charge in [0.05, 0.1) is 22.1 Å². The van der Waals surface area contributed by atoms with Gasteiger partial charge >= 0.3 is 5.97 Å². The number of aliphatic carboxylic acids is 1. The van der Waals surface area contributed by atoms with Crippen LogP contribution in [0.5, 0.6) is 0 Å². The minimum atomic E-state index is -0.819. The molecule has 0 aliphatic heterocycles. The van der Waals surface area contributed by atoms with Crippen LogP contribution in [-0.2, 0) is 4.79 Å². The van der Waals surface area contributed by atoms with Crippen molar-refractivity contribution in [1.29, 1.82) is 0 Å². The van der Waals surface area contributed by atoms with Gasteiger partial charge in [0.25, 0.3) is 0 Å². The zero-order valence-electron chi connectivity index (χ0n) is 7.88. The number of carbonyl (C=O) groups is 1. The second-order valence-corrected chi connectivity index (χ2v) is 3.97. The molecular formula is C11H9NO2S. The van der Waals surface area contributed by atoms with Crippen LogP contribution < -0.4 is 0 Å². The number of hydrogen-bond acceptors (Lipinski definition) is 3. The molecule has 1 heterocycles. The summed E-state index contributed by atoms with van der Waals surface area (Å²) in [5.74, 6) is -0.819. The number of carboxylic acids is 1. The van der Waals surface area contributed by atoms with E-state index in [-0.39, 0.29) is 6.42 Å². The lowest BCUT2D eigenvalue weighted by Gasteiger charge is -1.92. The summed E-state index contributed by atoms with van der Waals surface area (Å²) in [4.78, 5) is 14.5. The molecule has 2 rings (SSSR count). The van der Waals surface area contributed by atoms with E-state index in [1.54, 1.807) is 29.0 Å². The largest absolute Gasteiger partial charge is 0.481 e. The molecule has 4 heteroatoms. The van der Waals surface area contributed by atoms with Gasteiger partial charge in [0.15, 0.2) is 0 Å². The van der Waals surface area contributed by atoms with Gasteiger partial charge in [-0.05, 0) is 17.7 Å². The first-order valence-corrected chi connectivity index (χ1v) is 5.35. The van der Waals surface area contributed by atoms with E-state index < -0.39 is 5.97 Å². The molecule has 0 saturated carbocycles. The van der Waals surface area contributed by atoms with Crippen LogP contribution in [0.25, 0.3) is 16.3 Å². The van der Waals surface area contributed by atoms with Gasteiger partial charge in [-0.2, -0.15) is 0 Å². The fourth-order valence-corrected chi connectivity index (χ4v) is 1.93. The minimum Gasteiger partial charge on any atom is -0.481 e. The predicted molar refractivity (Wildman–Crippen MR) is 60.9 cm³/mol. The Morgan fingerprint density at radius 3 is 3.20 bits per heavy atom. The number of benzene rings is 1. The number of rotatable bonds is 3. The van der Waals surface area contributed by atoms with Crippen molar-refractivity contribution in [3.8, 4) is 0 Å². The number of hydrogen-bond donors (Lipinski definition) is 1. The van der Waals surface area contributed by atoms with Gasteiger partial charge in [0.1, 0.15) is 0 Å². The van der Waals surface area contributed by atoms with Gasteiger partial charge < -0.3 is 5.11 Å². The lowest BCUT2D eigenvalue weighted by molar-refractivity contribution is -0.135. The third kappa shape index (κ3) is 2.41. The summed E-state index contributed by atoms with van der Waals surface area (Å²) in [5.41, 5.74) is 3.74. The highest BCUT2D eigenvalue weighted by Gasteiger charge is 1.96. The molecule has 1 N–H and O–H groups in total. The molecule has 0 atom stereocenters. The Balaban J connectivity index is 2.21. The molecule has 76 valence electrons. The second kappa shape index (κ2) is 4.23. The van der Waals surface area contributed by atoms with Crippen molar-refractivity contribution in [2.24, 2.45) is 0 Å². The van der Waals surface area contributed by atoms with Gasteiger partial charge in [-0.15, -0.1) is 11.3 Å². The molecule has 0 saturated heterocycles. The zero-order valence-corrected chi connectivity index (χ0v) is 8.70. The SMILES string of the molecule is O=C(O)CC=Cc1ccc2scnc2c1. The second-order valence-electron chi connectivity index (χ2n) is 3.08. The first-order chi connectivity index (χ1) is 7.25. The van der Waals surface area contributed by atoms with Crippen molar-refractivity contribution in [2.45, 2.75) is 6.42 Å². The fourth-order valence-electron chi connectivity index (χ4n) is 1.27. The third-order valence-electron chi connectivity index (χ3n) is 1.96. The first kappa shape index (κ1) is 9.86. The van der Waals surface area contributed by atoms with Gasteiger partial charge in [-0.3, -0.25) is 4.79 Å². The van der Waals surface area contributed by atoms with Crippen LogP contribution in [0.3, 0.4) is 0 Å². The number of aromatic nitrogens is 1. The molecule has 2 aromatic rings. The average Bonchev–Trinajstić information content (AvgIpc) is 2.64. The third-order valence-corrected chi connectivity index (χ3v) is 2.77. The molecule has 0 amide bonds. The fraction of sp³-hybridized carbons (Fsp3) is 0.0909. The molecule has 15 heavy (non-hydrogen) atoms. The highest BCUT2D eigenvalue weighted by atomic mass is 32.1. The van der Waals surface area contributed by atoms with Crippen molar-refractivity contribution in [1.82, 2.24) is 4.98 Å². The van der Waals surface area contributed by atoms with E-state index in [9.17, 15) is 4.79 Å². The van der Waals surface area contributed by atoms with Crippen molar-refractivity contribution in [3.05, 3.63) is 35.3 Å². The Hall–Kier alpha value is -1.68. The molecule has 0 bridgehead atoms. The Kier molecular flexibility index (Phi) is 2.78. The quantitative estimate of drug-likeness (QED) is 0.863. The monoisotopic (exact) mass is 219 g/mol. The maximum atomic E-state index is 10.3. The Labute approximate surface area is 90.7 Å². The zero-order chi connectivity index (χ0) is 10.7. The van der Waals surface area contributed by atoms with Gasteiger partial charge in [0, 0.05) is 0 Å². The molecule has 0 spiro atoms. The normalized spacial score (nSPS) is 11.2. The van der Waals surface area contributed by atoms with Gasteiger partial charge in [-0.1, -0.05) is 18.2 Å². The summed E-state index contributed by atoms with van der Waals surface area (Å²) in [6.07, 6.45) is 3.48. The van der Waals surface area contributed by atoms with E-state index >= 15 is 0 Å². The van der Waals surface area contributed by atoms with Crippen LogP contribution >= 0.6 is 11.3 Å². The summed E-state index contributed by atoms with van der Waals surface area (Å²) < 4.78 is 1.14. The Bertz CT molecular complexity index is 516. The molecular weight excluding hydrogens is 210 g/mol. The summed E-state index contributed by atoms with van der Waals surface area (Å²) in [6.45, 7) is 0. The van der Waals surface area contributed by atoms with Crippen LogP contribution in [0.2, 0.25) is 0 Å². The maximum absolute atomic E-state index is 10.3. The highest BCUT2D eigenvalue weighted by Crippen LogP contribution is 2.19. The number of thiazole rings is 1. The predicted octanol–water partition coefficient (Wildman–Crippen LogP) is 2.78. The van der Waals surface area contributed by atoms with E-state index in [0.29, 0.717) is 0 Å². The lowest BCUT2D eigenvalue weighted by atomic mass is 10.2. The summed E-state index contributed by atoms with van der Waals surface area (Å²) in [5, 5.41) is 8.47. The first-order valence-electron chi connectivity index (χ1n) is 4.47. The van der Waals surface area contributed by atoms with E-state index in [2.05, 4.69) is 4.98 Å². The molecule has 0 unspecified atom stereocenters. The molecule has 3 nitrogen and oxygen atoms in total. The molecule has 0 aliphatic rings. The van der Waals surface area contributed by atoms with Gasteiger partial charge in [-0.25, -0.2) is 4.98 Å². The van der Waals surface area contributed by atoms with Crippen molar-refractivity contribution in [3.63, 3.8) is 0 Å². The summed E-state index contributed by atoms with van der Waals surface area (Å²) >= 11 is 1.60. The van der Waals surface area contributed by atoms with Crippen LogP contribution in [0.4, 0.5) is 0 Å². The molecule has 0 aliphatic carbocycles. The van der Waals surface area contributed by atoms with E-state index in [0.717, 1.165) is 15.8 Å². The molecule has 0 fully saturated rings. The van der Waals surface area contributed by atoms with Crippen LogP contribution in [0.15, 0.2) is 29.8 Å². The topological polar surface area (TPSA) is 50.2 Å². The molecule has 1 aromatic carbocycles. The summed E-state index contributed by atoms with van der Waals surface area (Å²) in [7, 11) is 0. The minimum absolute atomic E-state index is 0.0507. The number of nitrogens with zero attached hydrogens (tertiary/aromatic N) is 1. The lowest BCUT2D eigenvalue weighted by Crippen LogP contribution is -1.89. The van der Waals surface area contributed by atoms with Crippen LogP contribution in [0, 0.1) is 0 Å². The van der Waals surface area contributed by atoms with Crippen molar-refractivity contribution < 1.29 is 9.90 Å². The highest BCUT2D eigenvalue weighted by molar-refractivity contribution is 7.16. The number of fused-ring (bicyclic) bond motifs is 1. The number of carboxylic acid groups (broad SMARTS) is 1.